The van der Waals surface area contributed by atoms with Crippen molar-refractivity contribution in [3.05, 3.63) is 30.3 Å². The van der Waals surface area contributed by atoms with E-state index in [4.69, 9.17) is 10.6 Å². The lowest BCUT2D eigenvalue weighted by molar-refractivity contribution is 0.311. The molecule has 0 fully saturated rings. The van der Waals surface area contributed by atoms with Crippen molar-refractivity contribution in [3.8, 4) is 5.75 Å². The van der Waals surface area contributed by atoms with Crippen LogP contribution in [0.15, 0.2) is 35.3 Å². The van der Waals surface area contributed by atoms with Gasteiger partial charge in [-0.25, -0.2) is 5.84 Å². The number of aliphatic imine (C=N–C) groups is 1. The van der Waals surface area contributed by atoms with E-state index in [2.05, 4.69) is 15.7 Å². The third kappa shape index (κ3) is 4.65. The normalized spacial score (nSPS) is 11.0. The SMILES string of the molecule is CN=C(NN)NCCCOc1ccccc1. The highest BCUT2D eigenvalue weighted by Crippen LogP contribution is 2.07. The van der Waals surface area contributed by atoms with Crippen molar-refractivity contribution >= 4 is 5.96 Å². The second-order valence-electron chi connectivity index (χ2n) is 3.16. The van der Waals surface area contributed by atoms with Gasteiger partial charge in [-0.05, 0) is 18.6 Å². The molecule has 5 heteroatoms. The van der Waals surface area contributed by atoms with Crippen LogP contribution in [-0.2, 0) is 0 Å². The van der Waals surface area contributed by atoms with Gasteiger partial charge in [-0.2, -0.15) is 0 Å². The largest absolute Gasteiger partial charge is 0.494 e. The number of rotatable bonds is 5. The molecule has 4 N–H and O–H groups in total. The van der Waals surface area contributed by atoms with Crippen molar-refractivity contribution in [3.63, 3.8) is 0 Å². The Kier molecular flexibility index (Phi) is 5.80. The Balaban J connectivity index is 2.09. The number of para-hydroxylation sites is 1. The molecule has 0 atom stereocenters. The molecule has 0 amide bonds. The number of nitrogens with one attached hydrogen (secondary N) is 2. The molecule has 0 saturated heterocycles. The fourth-order valence-corrected chi connectivity index (χ4v) is 1.18. The Hall–Kier alpha value is -1.75. The van der Waals surface area contributed by atoms with Gasteiger partial charge in [-0.15, -0.1) is 0 Å². The zero-order valence-electron chi connectivity index (χ0n) is 9.44. The molecule has 0 spiro atoms. The van der Waals surface area contributed by atoms with Crippen LogP contribution >= 0.6 is 0 Å². The van der Waals surface area contributed by atoms with Crippen molar-refractivity contribution < 1.29 is 4.74 Å². The summed E-state index contributed by atoms with van der Waals surface area (Å²) in [6.07, 6.45) is 0.885. The quantitative estimate of drug-likeness (QED) is 0.223. The fourth-order valence-electron chi connectivity index (χ4n) is 1.18. The van der Waals surface area contributed by atoms with Crippen LogP contribution in [0.5, 0.6) is 5.75 Å². The summed E-state index contributed by atoms with van der Waals surface area (Å²) < 4.78 is 5.52. The first-order valence-corrected chi connectivity index (χ1v) is 5.22. The fraction of sp³-hybridized carbons (Fsp3) is 0.364. The third-order valence-corrected chi connectivity index (χ3v) is 1.99. The third-order valence-electron chi connectivity index (χ3n) is 1.99. The first-order valence-electron chi connectivity index (χ1n) is 5.22. The first kappa shape index (κ1) is 12.3. The molecule has 16 heavy (non-hydrogen) atoms. The van der Waals surface area contributed by atoms with Gasteiger partial charge in [0.05, 0.1) is 6.61 Å². The van der Waals surface area contributed by atoms with Gasteiger partial charge >= 0.3 is 0 Å². The predicted octanol–water partition coefficient (Wildman–Crippen LogP) is 0.494. The highest BCUT2D eigenvalue weighted by atomic mass is 16.5. The maximum atomic E-state index is 5.52. The molecule has 1 aromatic carbocycles. The number of nitrogens with two attached hydrogens (primary N) is 1. The maximum absolute atomic E-state index is 5.52. The summed E-state index contributed by atoms with van der Waals surface area (Å²) in [4.78, 5) is 3.89. The summed E-state index contributed by atoms with van der Waals surface area (Å²) >= 11 is 0. The van der Waals surface area contributed by atoms with E-state index in [-0.39, 0.29) is 0 Å². The number of hydrogen-bond donors (Lipinski definition) is 3. The lowest BCUT2D eigenvalue weighted by Gasteiger charge is -2.08. The van der Waals surface area contributed by atoms with Crippen LogP contribution in [0.1, 0.15) is 6.42 Å². The molecule has 0 aliphatic carbocycles. The highest BCUT2D eigenvalue weighted by Gasteiger charge is 1.94. The molecule has 0 saturated carbocycles. The predicted molar refractivity (Wildman–Crippen MR) is 65.2 cm³/mol. The Bertz CT molecular complexity index is 313. The Morgan fingerprint density at radius 2 is 2.12 bits per heavy atom. The van der Waals surface area contributed by atoms with Gasteiger partial charge in [-0.1, -0.05) is 18.2 Å². The molecule has 0 unspecified atom stereocenters. The minimum Gasteiger partial charge on any atom is -0.494 e. The minimum atomic E-state index is 0.583. The Morgan fingerprint density at radius 3 is 2.75 bits per heavy atom. The van der Waals surface area contributed by atoms with Crippen LogP contribution in [0.4, 0.5) is 0 Å². The average molecular weight is 222 g/mol. The second-order valence-corrected chi connectivity index (χ2v) is 3.16. The Morgan fingerprint density at radius 1 is 1.38 bits per heavy atom. The summed E-state index contributed by atoms with van der Waals surface area (Å²) in [5, 5.41) is 3.04. The van der Waals surface area contributed by atoms with Gasteiger partial charge in [0.15, 0.2) is 0 Å². The molecule has 0 aliphatic rings. The van der Waals surface area contributed by atoms with Crippen molar-refractivity contribution in [1.82, 2.24) is 10.7 Å². The number of ether oxygens (including phenoxy) is 1. The number of hydrogen-bond acceptors (Lipinski definition) is 3. The standard InChI is InChI=1S/C11H18N4O/c1-13-11(15-12)14-8-5-9-16-10-6-3-2-4-7-10/h2-4,6-7H,5,8-9,12H2,1H3,(H2,13,14,15). The monoisotopic (exact) mass is 222 g/mol. The van der Waals surface area contributed by atoms with Crippen molar-refractivity contribution in [2.75, 3.05) is 20.2 Å². The van der Waals surface area contributed by atoms with Gasteiger partial charge < -0.3 is 10.1 Å². The Labute approximate surface area is 95.7 Å². The molecule has 5 nitrogen and oxygen atoms in total. The number of hydrazine groups is 1. The molecule has 0 bridgehead atoms. The average Bonchev–Trinajstić information content (AvgIpc) is 2.35. The van der Waals surface area contributed by atoms with Gasteiger partial charge in [0, 0.05) is 13.6 Å². The molecule has 0 heterocycles. The highest BCUT2D eigenvalue weighted by molar-refractivity contribution is 5.78. The van der Waals surface area contributed by atoms with Crippen LogP contribution in [0, 0.1) is 0 Å². The van der Waals surface area contributed by atoms with Crippen molar-refractivity contribution in [1.29, 1.82) is 0 Å². The molecule has 0 aliphatic heterocycles. The topological polar surface area (TPSA) is 71.7 Å². The zero-order valence-corrected chi connectivity index (χ0v) is 9.44. The van der Waals surface area contributed by atoms with Gasteiger partial charge in [0.25, 0.3) is 0 Å². The lowest BCUT2D eigenvalue weighted by atomic mass is 10.3. The van der Waals surface area contributed by atoms with E-state index in [0.29, 0.717) is 12.6 Å². The molecule has 88 valence electrons. The number of guanidine groups is 1. The molecular formula is C11H18N4O. The van der Waals surface area contributed by atoms with Crippen LogP contribution in [0.25, 0.3) is 0 Å². The number of benzene rings is 1. The van der Waals surface area contributed by atoms with Crippen LogP contribution in [0.2, 0.25) is 0 Å². The summed E-state index contributed by atoms with van der Waals surface area (Å²) in [6, 6.07) is 9.74. The van der Waals surface area contributed by atoms with Crippen molar-refractivity contribution in [2.24, 2.45) is 10.8 Å². The maximum Gasteiger partial charge on any atom is 0.205 e. The van der Waals surface area contributed by atoms with E-state index in [1.54, 1.807) is 7.05 Å². The van der Waals surface area contributed by atoms with Gasteiger partial charge in [0.1, 0.15) is 5.75 Å². The van der Waals surface area contributed by atoms with Crippen LogP contribution < -0.4 is 21.3 Å². The van der Waals surface area contributed by atoms with Crippen LogP contribution in [0.3, 0.4) is 0 Å². The lowest BCUT2D eigenvalue weighted by Crippen LogP contribution is -2.42. The molecule has 0 aromatic heterocycles. The molecule has 1 rings (SSSR count). The zero-order chi connectivity index (χ0) is 11.6. The smallest absolute Gasteiger partial charge is 0.205 e. The van der Waals surface area contributed by atoms with E-state index in [1.165, 1.54) is 0 Å². The number of nitrogens with zero attached hydrogens (tertiary/aromatic N) is 1. The van der Waals surface area contributed by atoms with E-state index >= 15 is 0 Å². The van der Waals surface area contributed by atoms with E-state index in [9.17, 15) is 0 Å². The summed E-state index contributed by atoms with van der Waals surface area (Å²) in [6.45, 7) is 1.43. The van der Waals surface area contributed by atoms with Crippen molar-refractivity contribution in [2.45, 2.75) is 6.42 Å². The summed E-state index contributed by atoms with van der Waals surface area (Å²) in [7, 11) is 1.67. The van der Waals surface area contributed by atoms with E-state index in [0.717, 1.165) is 18.7 Å². The van der Waals surface area contributed by atoms with Crippen LogP contribution in [-0.4, -0.2) is 26.2 Å². The molecule has 0 radical (unpaired) electrons. The molecular weight excluding hydrogens is 204 g/mol. The summed E-state index contributed by atoms with van der Waals surface area (Å²) in [5.41, 5.74) is 2.46. The van der Waals surface area contributed by atoms with Gasteiger partial charge in [0.2, 0.25) is 5.96 Å². The minimum absolute atomic E-state index is 0.583. The summed E-state index contributed by atoms with van der Waals surface area (Å²) in [5.74, 6) is 6.69. The first-order chi connectivity index (χ1) is 7.86. The van der Waals surface area contributed by atoms with E-state index < -0.39 is 0 Å². The van der Waals surface area contributed by atoms with E-state index in [1.807, 2.05) is 30.3 Å². The second kappa shape index (κ2) is 7.53. The van der Waals surface area contributed by atoms with Gasteiger partial charge in [-0.3, -0.25) is 10.4 Å². The molecule has 1 aromatic rings.